The smallest absolute Gasteiger partial charge is 0.212 e. The molecule has 0 aliphatic carbocycles. The molecule has 0 aromatic heterocycles. The lowest BCUT2D eigenvalue weighted by molar-refractivity contribution is 0.418. The molecule has 114 valence electrons. The van der Waals surface area contributed by atoms with Crippen molar-refractivity contribution in [2.75, 3.05) is 17.2 Å². The summed E-state index contributed by atoms with van der Waals surface area (Å²) in [5.41, 5.74) is 6.00. The van der Waals surface area contributed by atoms with Gasteiger partial charge in [0, 0.05) is 21.9 Å². The van der Waals surface area contributed by atoms with Crippen molar-refractivity contribution in [1.29, 1.82) is 0 Å². The molecule has 0 saturated carbocycles. The van der Waals surface area contributed by atoms with Crippen molar-refractivity contribution >= 4 is 27.5 Å². The Morgan fingerprint density at radius 2 is 2.05 bits per heavy atom. The molecular weight excluding hydrogens is 292 g/mol. The molecule has 0 aliphatic rings. The number of benzene rings is 1. The highest BCUT2D eigenvalue weighted by Gasteiger charge is 2.23. The third kappa shape index (κ3) is 6.63. The number of sulfonamides is 1. The molecule has 4 nitrogen and oxygen atoms in total. The first kappa shape index (κ1) is 17.3. The van der Waals surface area contributed by atoms with E-state index in [-0.39, 0.29) is 11.3 Å². The highest BCUT2D eigenvalue weighted by molar-refractivity contribution is 8.00. The van der Waals surface area contributed by atoms with Crippen LogP contribution in [0.2, 0.25) is 0 Å². The Morgan fingerprint density at radius 1 is 1.35 bits per heavy atom. The Kier molecular flexibility index (Phi) is 6.36. The molecule has 0 spiro atoms. The summed E-state index contributed by atoms with van der Waals surface area (Å²) < 4.78 is 26.8. The number of nitrogens with two attached hydrogens (primary N) is 1. The molecule has 0 heterocycles. The number of rotatable bonds is 8. The van der Waals surface area contributed by atoms with E-state index in [1.807, 2.05) is 45.0 Å². The lowest BCUT2D eigenvalue weighted by Gasteiger charge is -2.25. The molecule has 0 saturated heterocycles. The fourth-order valence-corrected chi connectivity index (χ4v) is 4.91. The second-order valence-corrected chi connectivity index (χ2v) is 8.49. The molecule has 0 bridgehead atoms. The van der Waals surface area contributed by atoms with E-state index in [0.717, 1.165) is 17.7 Å². The molecule has 1 aromatic carbocycles. The van der Waals surface area contributed by atoms with Gasteiger partial charge in [-0.2, -0.15) is 0 Å². The summed E-state index contributed by atoms with van der Waals surface area (Å²) in [5.74, 6) is 0.626. The predicted octanol–water partition coefficient (Wildman–Crippen LogP) is 2.86. The maximum absolute atomic E-state index is 12.0. The Morgan fingerprint density at radius 3 is 2.65 bits per heavy atom. The van der Waals surface area contributed by atoms with Crippen LogP contribution in [-0.2, 0) is 10.0 Å². The normalized spacial score (nSPS) is 12.6. The molecule has 3 N–H and O–H groups in total. The van der Waals surface area contributed by atoms with E-state index in [1.165, 1.54) is 11.8 Å². The number of hydrogen-bond donors (Lipinski definition) is 2. The van der Waals surface area contributed by atoms with Crippen molar-refractivity contribution < 1.29 is 8.42 Å². The number of thioether (sulfide) groups is 1. The van der Waals surface area contributed by atoms with Gasteiger partial charge < -0.3 is 5.73 Å². The summed E-state index contributed by atoms with van der Waals surface area (Å²) in [4.78, 5) is 0.994. The Balaban J connectivity index is 2.48. The molecule has 0 radical (unpaired) electrons. The fraction of sp³-hybridized carbons (Fsp3) is 0.571. The summed E-state index contributed by atoms with van der Waals surface area (Å²) >= 11 is 1.50. The zero-order chi connectivity index (χ0) is 15.2. The zero-order valence-electron chi connectivity index (χ0n) is 12.3. The van der Waals surface area contributed by atoms with Crippen LogP contribution in [0.15, 0.2) is 29.2 Å². The van der Waals surface area contributed by atoms with E-state index >= 15 is 0 Å². The van der Waals surface area contributed by atoms with Crippen LogP contribution >= 0.6 is 11.8 Å². The molecule has 20 heavy (non-hydrogen) atoms. The van der Waals surface area contributed by atoms with Crippen LogP contribution in [0.4, 0.5) is 5.69 Å². The van der Waals surface area contributed by atoms with Gasteiger partial charge in [0.2, 0.25) is 10.0 Å². The average Bonchev–Trinajstić information content (AvgIpc) is 2.26. The second kappa shape index (κ2) is 7.33. The Hall–Kier alpha value is -0.720. The van der Waals surface area contributed by atoms with Gasteiger partial charge in [-0.15, -0.1) is 11.8 Å². The van der Waals surface area contributed by atoms with Crippen LogP contribution in [0.25, 0.3) is 0 Å². The van der Waals surface area contributed by atoms with E-state index in [1.54, 1.807) is 0 Å². The van der Waals surface area contributed by atoms with E-state index < -0.39 is 10.0 Å². The predicted molar refractivity (Wildman–Crippen MR) is 87.5 cm³/mol. The third-order valence-corrected chi connectivity index (χ3v) is 5.64. The largest absolute Gasteiger partial charge is 0.399 e. The van der Waals surface area contributed by atoms with Gasteiger partial charge in [-0.25, -0.2) is 13.1 Å². The lowest BCUT2D eigenvalue weighted by Crippen LogP contribution is -2.44. The monoisotopic (exact) mass is 316 g/mol. The van der Waals surface area contributed by atoms with Crippen LogP contribution in [-0.4, -0.2) is 25.5 Å². The van der Waals surface area contributed by atoms with Gasteiger partial charge in [-0.3, -0.25) is 0 Å². The van der Waals surface area contributed by atoms with Crippen molar-refractivity contribution in [2.45, 2.75) is 44.0 Å². The SMILES string of the molecule is CCCC(C)(C)NS(=O)(=O)CCSc1cccc(N)c1. The standard InChI is InChI=1S/C14H24N2O2S2/c1-4-8-14(2,3)16-20(17,18)10-9-19-13-7-5-6-12(15)11-13/h5-7,11,16H,4,8-10,15H2,1-3H3. The topological polar surface area (TPSA) is 72.2 Å². The molecule has 6 heteroatoms. The fourth-order valence-electron chi connectivity index (χ4n) is 2.02. The van der Waals surface area contributed by atoms with E-state index in [4.69, 9.17) is 5.73 Å². The third-order valence-electron chi connectivity index (χ3n) is 2.79. The van der Waals surface area contributed by atoms with E-state index in [0.29, 0.717) is 11.4 Å². The molecule has 0 fully saturated rings. The van der Waals surface area contributed by atoms with Crippen molar-refractivity contribution in [1.82, 2.24) is 4.72 Å². The Labute approximate surface area is 126 Å². The summed E-state index contributed by atoms with van der Waals surface area (Å²) in [5, 5.41) is 0. The molecule has 0 atom stereocenters. The molecular formula is C14H24N2O2S2. The first-order valence-corrected chi connectivity index (χ1v) is 9.38. The van der Waals surface area contributed by atoms with Crippen LogP contribution in [0.1, 0.15) is 33.6 Å². The first-order chi connectivity index (χ1) is 9.24. The molecule has 1 rings (SSSR count). The molecule has 1 aromatic rings. The van der Waals surface area contributed by atoms with Gasteiger partial charge in [0.15, 0.2) is 0 Å². The van der Waals surface area contributed by atoms with Gasteiger partial charge >= 0.3 is 0 Å². The molecule has 0 amide bonds. The van der Waals surface area contributed by atoms with Gasteiger partial charge in [0.1, 0.15) is 0 Å². The second-order valence-electron chi connectivity index (χ2n) is 5.48. The number of nitrogen functional groups attached to an aromatic ring is 1. The van der Waals surface area contributed by atoms with Crippen molar-refractivity contribution in [3.05, 3.63) is 24.3 Å². The van der Waals surface area contributed by atoms with Crippen molar-refractivity contribution in [2.24, 2.45) is 0 Å². The minimum Gasteiger partial charge on any atom is -0.399 e. The summed E-state index contributed by atoms with van der Waals surface area (Å²) in [6.07, 6.45) is 1.78. The number of hydrogen-bond acceptors (Lipinski definition) is 4. The van der Waals surface area contributed by atoms with Gasteiger partial charge in [0.05, 0.1) is 5.75 Å². The zero-order valence-corrected chi connectivity index (χ0v) is 14.0. The number of nitrogens with one attached hydrogen (secondary N) is 1. The van der Waals surface area contributed by atoms with E-state index in [9.17, 15) is 8.42 Å². The highest BCUT2D eigenvalue weighted by atomic mass is 32.2. The summed E-state index contributed by atoms with van der Waals surface area (Å²) in [6.45, 7) is 5.88. The van der Waals surface area contributed by atoms with Crippen LogP contribution in [0, 0.1) is 0 Å². The minimum absolute atomic E-state index is 0.111. The van der Waals surface area contributed by atoms with Crippen LogP contribution in [0.5, 0.6) is 0 Å². The first-order valence-electron chi connectivity index (χ1n) is 6.74. The Bertz CT molecular complexity index is 528. The molecule has 0 unspecified atom stereocenters. The van der Waals surface area contributed by atoms with Crippen LogP contribution < -0.4 is 10.5 Å². The van der Waals surface area contributed by atoms with Gasteiger partial charge in [0.25, 0.3) is 0 Å². The van der Waals surface area contributed by atoms with Crippen molar-refractivity contribution in [3.63, 3.8) is 0 Å². The highest BCUT2D eigenvalue weighted by Crippen LogP contribution is 2.20. The maximum atomic E-state index is 12.0. The average molecular weight is 316 g/mol. The van der Waals surface area contributed by atoms with Gasteiger partial charge in [-0.05, 0) is 38.5 Å². The summed E-state index contributed by atoms with van der Waals surface area (Å²) in [7, 11) is -3.24. The lowest BCUT2D eigenvalue weighted by atomic mass is 10.0. The quantitative estimate of drug-likeness (QED) is 0.571. The minimum atomic E-state index is -3.24. The molecule has 0 aliphatic heterocycles. The summed E-state index contributed by atoms with van der Waals surface area (Å²) in [6, 6.07) is 7.47. The number of anilines is 1. The van der Waals surface area contributed by atoms with Crippen LogP contribution in [0.3, 0.4) is 0 Å². The van der Waals surface area contributed by atoms with Gasteiger partial charge in [-0.1, -0.05) is 19.4 Å². The maximum Gasteiger partial charge on any atom is 0.212 e. The van der Waals surface area contributed by atoms with Crippen molar-refractivity contribution in [3.8, 4) is 0 Å². The van der Waals surface area contributed by atoms with E-state index in [2.05, 4.69) is 4.72 Å².